The molecule has 1 atom stereocenters. The molecule has 0 bridgehead atoms. The van der Waals surface area contributed by atoms with Crippen molar-refractivity contribution < 1.29 is 5.11 Å². The van der Waals surface area contributed by atoms with E-state index in [0.29, 0.717) is 0 Å². The van der Waals surface area contributed by atoms with Gasteiger partial charge in [-0.15, -0.1) is 0 Å². The predicted molar refractivity (Wildman–Crippen MR) is 62.6 cm³/mol. The van der Waals surface area contributed by atoms with Crippen LogP contribution in [0.4, 0.5) is 0 Å². The molecule has 0 saturated carbocycles. The maximum Gasteiger partial charge on any atom is 0.0805 e. The van der Waals surface area contributed by atoms with E-state index in [-0.39, 0.29) is 11.5 Å². The third-order valence-electron chi connectivity index (χ3n) is 2.45. The monoisotopic (exact) mass is 207 g/mol. The lowest BCUT2D eigenvalue weighted by molar-refractivity contribution is 0.147. The van der Waals surface area contributed by atoms with Crippen molar-refractivity contribution in [2.45, 2.75) is 46.6 Å². The van der Waals surface area contributed by atoms with E-state index in [1.807, 2.05) is 13.0 Å². The van der Waals surface area contributed by atoms with E-state index in [2.05, 4.69) is 25.8 Å². The molecule has 0 aliphatic carbocycles. The van der Waals surface area contributed by atoms with Crippen molar-refractivity contribution in [3.63, 3.8) is 0 Å². The predicted octanol–water partition coefficient (Wildman–Crippen LogP) is 3.25. The minimum absolute atomic E-state index is 0.276. The molecule has 0 aliphatic heterocycles. The van der Waals surface area contributed by atoms with Crippen LogP contribution in [-0.2, 0) is 0 Å². The van der Waals surface area contributed by atoms with Gasteiger partial charge in [-0.2, -0.15) is 0 Å². The highest BCUT2D eigenvalue weighted by molar-refractivity contribution is 5.18. The van der Waals surface area contributed by atoms with Crippen LogP contribution < -0.4 is 0 Å². The molecule has 1 unspecified atom stereocenters. The Morgan fingerprint density at radius 2 is 2.00 bits per heavy atom. The van der Waals surface area contributed by atoms with Crippen LogP contribution in [0.2, 0.25) is 0 Å². The minimum Gasteiger partial charge on any atom is -0.388 e. The number of aliphatic hydroxyl groups is 1. The number of aliphatic hydroxyl groups excluding tert-OH is 1. The summed E-state index contributed by atoms with van der Waals surface area (Å²) in [7, 11) is 0. The lowest BCUT2D eigenvalue weighted by Gasteiger charge is -2.20. The first-order chi connectivity index (χ1) is 6.88. The van der Waals surface area contributed by atoms with Crippen LogP contribution in [0.25, 0.3) is 0 Å². The Hall–Kier alpha value is -0.890. The summed E-state index contributed by atoms with van der Waals surface area (Å²) in [6, 6.07) is 2.00. The number of aryl methyl sites for hydroxylation is 1. The van der Waals surface area contributed by atoms with Gasteiger partial charge < -0.3 is 5.11 Å². The molecule has 1 heterocycles. The van der Waals surface area contributed by atoms with Gasteiger partial charge in [0.05, 0.1) is 6.10 Å². The molecule has 0 aliphatic rings. The van der Waals surface area contributed by atoms with Gasteiger partial charge in [-0.25, -0.2) is 0 Å². The van der Waals surface area contributed by atoms with E-state index in [9.17, 15) is 5.11 Å². The minimum atomic E-state index is -0.378. The molecule has 0 radical (unpaired) electrons. The Morgan fingerprint density at radius 3 is 2.53 bits per heavy atom. The van der Waals surface area contributed by atoms with Gasteiger partial charge in [0.25, 0.3) is 0 Å². The summed E-state index contributed by atoms with van der Waals surface area (Å²) in [5.74, 6) is 0. The van der Waals surface area contributed by atoms with Crippen molar-refractivity contribution >= 4 is 0 Å². The molecule has 0 aromatic carbocycles. The van der Waals surface area contributed by atoms with Crippen LogP contribution in [0.3, 0.4) is 0 Å². The van der Waals surface area contributed by atoms with Crippen LogP contribution >= 0.6 is 0 Å². The first-order valence-corrected chi connectivity index (χ1v) is 5.48. The highest BCUT2D eigenvalue weighted by atomic mass is 16.3. The number of rotatable bonds is 3. The molecule has 15 heavy (non-hydrogen) atoms. The largest absolute Gasteiger partial charge is 0.388 e. The molecule has 2 nitrogen and oxygen atoms in total. The smallest absolute Gasteiger partial charge is 0.0805 e. The van der Waals surface area contributed by atoms with Gasteiger partial charge in [-0.1, -0.05) is 26.8 Å². The maximum absolute atomic E-state index is 9.97. The van der Waals surface area contributed by atoms with Crippen molar-refractivity contribution in [1.82, 2.24) is 4.98 Å². The Balaban J connectivity index is 2.58. The van der Waals surface area contributed by atoms with Gasteiger partial charge in [-0.3, -0.25) is 4.98 Å². The van der Waals surface area contributed by atoms with Gasteiger partial charge in [0.15, 0.2) is 0 Å². The second-order valence-electron chi connectivity index (χ2n) is 5.41. The van der Waals surface area contributed by atoms with Crippen molar-refractivity contribution in [3.05, 3.63) is 29.6 Å². The number of pyridine rings is 1. The number of nitrogens with zero attached hydrogens (tertiary/aromatic N) is 1. The zero-order chi connectivity index (χ0) is 11.5. The van der Waals surface area contributed by atoms with E-state index in [1.165, 1.54) is 0 Å². The summed E-state index contributed by atoms with van der Waals surface area (Å²) in [5, 5.41) is 9.97. The fraction of sp³-hybridized carbons (Fsp3) is 0.615. The topological polar surface area (TPSA) is 33.1 Å². The summed E-state index contributed by atoms with van der Waals surface area (Å²) in [6.45, 7) is 8.56. The Labute approximate surface area is 92.4 Å². The standard InChI is InChI=1S/C13H21NO/c1-10-7-11(9-14-8-10)12(15)5-6-13(2,3)4/h7-9,12,15H,5-6H2,1-4H3. The van der Waals surface area contributed by atoms with Crippen LogP contribution in [0, 0.1) is 12.3 Å². The first kappa shape index (κ1) is 12.2. The zero-order valence-electron chi connectivity index (χ0n) is 10.1. The molecule has 0 fully saturated rings. The molecule has 0 amide bonds. The van der Waals surface area contributed by atoms with Gasteiger partial charge in [0.2, 0.25) is 0 Å². The lowest BCUT2D eigenvalue weighted by Crippen LogP contribution is -2.08. The lowest BCUT2D eigenvalue weighted by atomic mass is 9.88. The third kappa shape index (κ3) is 4.43. The average Bonchev–Trinajstić information content (AvgIpc) is 2.13. The van der Waals surface area contributed by atoms with Crippen molar-refractivity contribution in [2.75, 3.05) is 0 Å². The van der Waals surface area contributed by atoms with Crippen LogP contribution in [-0.4, -0.2) is 10.1 Å². The summed E-state index contributed by atoms with van der Waals surface area (Å²) in [4.78, 5) is 4.09. The van der Waals surface area contributed by atoms with Crippen molar-refractivity contribution in [1.29, 1.82) is 0 Å². The van der Waals surface area contributed by atoms with Crippen molar-refractivity contribution in [3.8, 4) is 0 Å². The maximum atomic E-state index is 9.97. The number of hydrogen-bond donors (Lipinski definition) is 1. The second-order valence-corrected chi connectivity index (χ2v) is 5.41. The van der Waals surface area contributed by atoms with E-state index in [1.54, 1.807) is 12.4 Å². The van der Waals surface area contributed by atoms with Gasteiger partial charge in [0, 0.05) is 12.4 Å². The van der Waals surface area contributed by atoms with E-state index >= 15 is 0 Å². The van der Waals surface area contributed by atoms with E-state index in [0.717, 1.165) is 24.0 Å². The molecule has 1 rings (SSSR count). The van der Waals surface area contributed by atoms with Crippen LogP contribution in [0.5, 0.6) is 0 Å². The summed E-state index contributed by atoms with van der Waals surface area (Å²) in [5.41, 5.74) is 2.31. The molecule has 1 aromatic rings. The van der Waals surface area contributed by atoms with Crippen LogP contribution in [0.1, 0.15) is 50.8 Å². The highest BCUT2D eigenvalue weighted by Gasteiger charge is 2.14. The third-order valence-corrected chi connectivity index (χ3v) is 2.45. The van der Waals surface area contributed by atoms with E-state index in [4.69, 9.17) is 0 Å². The molecule has 1 aromatic heterocycles. The average molecular weight is 207 g/mol. The quantitative estimate of drug-likeness (QED) is 0.825. The van der Waals surface area contributed by atoms with Gasteiger partial charge >= 0.3 is 0 Å². The van der Waals surface area contributed by atoms with E-state index < -0.39 is 0 Å². The Kier molecular flexibility index (Phi) is 3.86. The second kappa shape index (κ2) is 4.75. The SMILES string of the molecule is Cc1cncc(C(O)CCC(C)(C)C)c1. The molecule has 84 valence electrons. The molecular weight excluding hydrogens is 186 g/mol. The summed E-state index contributed by atoms with van der Waals surface area (Å²) in [6.07, 6.45) is 4.99. The Morgan fingerprint density at radius 1 is 1.33 bits per heavy atom. The fourth-order valence-corrected chi connectivity index (χ4v) is 1.50. The van der Waals surface area contributed by atoms with Gasteiger partial charge in [-0.05, 0) is 36.3 Å². The summed E-state index contributed by atoms with van der Waals surface area (Å²) >= 11 is 0. The zero-order valence-corrected chi connectivity index (χ0v) is 10.1. The summed E-state index contributed by atoms with van der Waals surface area (Å²) < 4.78 is 0. The highest BCUT2D eigenvalue weighted by Crippen LogP contribution is 2.27. The molecule has 1 N–H and O–H groups in total. The molecule has 0 spiro atoms. The molecule has 2 heteroatoms. The van der Waals surface area contributed by atoms with Crippen molar-refractivity contribution in [2.24, 2.45) is 5.41 Å². The molecule has 0 saturated heterocycles. The normalized spacial score (nSPS) is 13.9. The molecular formula is C13H21NO. The number of hydrogen-bond acceptors (Lipinski definition) is 2. The van der Waals surface area contributed by atoms with Crippen LogP contribution in [0.15, 0.2) is 18.5 Å². The number of aromatic nitrogens is 1. The fourth-order valence-electron chi connectivity index (χ4n) is 1.50. The van der Waals surface area contributed by atoms with Gasteiger partial charge in [0.1, 0.15) is 0 Å². The first-order valence-electron chi connectivity index (χ1n) is 5.48. The Bertz CT molecular complexity index is 315.